The highest BCUT2D eigenvalue weighted by atomic mass is 32.1. The zero-order valence-electron chi connectivity index (χ0n) is 13.2. The van der Waals surface area contributed by atoms with Crippen LogP contribution < -0.4 is 5.32 Å². The van der Waals surface area contributed by atoms with Crippen molar-refractivity contribution in [1.82, 2.24) is 15.5 Å². The number of methoxy groups -OCH3 is 1. The Balaban J connectivity index is 2.30. The third-order valence-electron chi connectivity index (χ3n) is 3.33. The summed E-state index contributed by atoms with van der Waals surface area (Å²) < 4.78 is 5.00. The van der Waals surface area contributed by atoms with Crippen LogP contribution in [-0.2, 0) is 11.2 Å². The van der Waals surface area contributed by atoms with E-state index in [1.165, 1.54) is 35.7 Å². The molecule has 1 heterocycles. The maximum absolute atomic E-state index is 5.00. The lowest BCUT2D eigenvalue weighted by molar-refractivity contribution is 0.199. The van der Waals surface area contributed by atoms with Crippen LogP contribution in [0.1, 0.15) is 61.9 Å². The molecule has 1 aromatic heterocycles. The predicted octanol–water partition coefficient (Wildman–Crippen LogP) is 3.39. The van der Waals surface area contributed by atoms with Gasteiger partial charge < -0.3 is 10.1 Å². The zero-order valence-corrected chi connectivity index (χ0v) is 14.0. The lowest BCUT2D eigenvalue weighted by Gasteiger charge is -2.10. The van der Waals surface area contributed by atoms with Crippen molar-refractivity contribution in [3.8, 4) is 0 Å². The van der Waals surface area contributed by atoms with Crippen LogP contribution in [0.2, 0.25) is 0 Å². The van der Waals surface area contributed by atoms with E-state index in [9.17, 15) is 0 Å². The van der Waals surface area contributed by atoms with Crippen molar-refractivity contribution in [3.63, 3.8) is 0 Å². The summed E-state index contributed by atoms with van der Waals surface area (Å²) in [5.41, 5.74) is 0. The number of hydrogen-bond acceptors (Lipinski definition) is 5. The Labute approximate surface area is 127 Å². The Morgan fingerprint density at radius 2 is 1.90 bits per heavy atom. The summed E-state index contributed by atoms with van der Waals surface area (Å²) in [6.45, 7) is 7.21. The Morgan fingerprint density at radius 1 is 1.15 bits per heavy atom. The van der Waals surface area contributed by atoms with Crippen LogP contribution in [0.5, 0.6) is 0 Å². The first-order valence-electron chi connectivity index (χ1n) is 7.83. The molecule has 0 saturated carbocycles. The van der Waals surface area contributed by atoms with Gasteiger partial charge in [-0.15, -0.1) is 21.5 Å². The Morgan fingerprint density at radius 3 is 2.55 bits per heavy atom. The van der Waals surface area contributed by atoms with Crippen LogP contribution in [0.25, 0.3) is 0 Å². The molecular formula is C15H29N3OS. The molecule has 0 radical (unpaired) electrons. The standard InChI is InChI=1S/C15H29N3OS/c1-4-7-13(8-5-2)15-18-17-14(20-15)9-6-10-16-11-12-19-3/h13,16H,4-12H2,1-3H3. The summed E-state index contributed by atoms with van der Waals surface area (Å²) in [5.74, 6) is 0.621. The topological polar surface area (TPSA) is 47.0 Å². The number of ether oxygens (including phenoxy) is 1. The van der Waals surface area contributed by atoms with Crippen molar-refractivity contribution in [1.29, 1.82) is 0 Å². The van der Waals surface area contributed by atoms with Gasteiger partial charge in [0.2, 0.25) is 0 Å². The molecule has 0 aliphatic carbocycles. The second kappa shape index (κ2) is 11.2. The second-order valence-electron chi connectivity index (χ2n) is 5.15. The minimum atomic E-state index is 0.621. The SMILES string of the molecule is CCCC(CCC)c1nnc(CCCNCCOC)s1. The number of rotatable bonds is 12. The van der Waals surface area contributed by atoms with Gasteiger partial charge in [-0.1, -0.05) is 26.7 Å². The highest BCUT2D eigenvalue weighted by Gasteiger charge is 2.15. The van der Waals surface area contributed by atoms with Gasteiger partial charge in [0, 0.05) is 26.0 Å². The van der Waals surface area contributed by atoms with Gasteiger partial charge in [-0.3, -0.25) is 0 Å². The number of nitrogens with zero attached hydrogens (tertiary/aromatic N) is 2. The fourth-order valence-corrected chi connectivity index (χ4v) is 3.34. The van der Waals surface area contributed by atoms with Crippen LogP contribution >= 0.6 is 11.3 Å². The first-order valence-corrected chi connectivity index (χ1v) is 8.65. The molecule has 0 unspecified atom stereocenters. The molecule has 20 heavy (non-hydrogen) atoms. The van der Waals surface area contributed by atoms with E-state index in [1.54, 1.807) is 7.11 Å². The largest absolute Gasteiger partial charge is 0.383 e. The molecule has 1 N–H and O–H groups in total. The summed E-state index contributed by atoms with van der Waals surface area (Å²) in [4.78, 5) is 0. The molecule has 0 aromatic carbocycles. The molecule has 0 spiro atoms. The molecule has 0 atom stereocenters. The van der Waals surface area contributed by atoms with E-state index in [4.69, 9.17) is 4.74 Å². The summed E-state index contributed by atoms with van der Waals surface area (Å²) in [5, 5.41) is 14.6. The van der Waals surface area contributed by atoms with Crippen molar-refractivity contribution in [2.45, 2.75) is 58.3 Å². The van der Waals surface area contributed by atoms with E-state index in [2.05, 4.69) is 29.4 Å². The average molecular weight is 299 g/mol. The molecule has 0 aliphatic heterocycles. The van der Waals surface area contributed by atoms with Gasteiger partial charge in [-0.25, -0.2) is 0 Å². The lowest BCUT2D eigenvalue weighted by atomic mass is 9.99. The summed E-state index contributed by atoms with van der Waals surface area (Å²) in [7, 11) is 1.73. The third-order valence-corrected chi connectivity index (χ3v) is 4.48. The normalized spacial score (nSPS) is 11.4. The van der Waals surface area contributed by atoms with Crippen molar-refractivity contribution in [2.24, 2.45) is 0 Å². The van der Waals surface area contributed by atoms with E-state index in [-0.39, 0.29) is 0 Å². The molecule has 0 aliphatic rings. The van der Waals surface area contributed by atoms with E-state index in [0.29, 0.717) is 5.92 Å². The van der Waals surface area contributed by atoms with Crippen LogP contribution in [0, 0.1) is 0 Å². The zero-order chi connectivity index (χ0) is 14.6. The third kappa shape index (κ3) is 6.77. The van der Waals surface area contributed by atoms with Gasteiger partial charge in [0.1, 0.15) is 10.0 Å². The van der Waals surface area contributed by atoms with E-state index in [1.807, 2.05) is 11.3 Å². The molecule has 116 valence electrons. The highest BCUT2D eigenvalue weighted by Crippen LogP contribution is 2.28. The fraction of sp³-hybridized carbons (Fsp3) is 0.867. The summed E-state index contributed by atoms with van der Waals surface area (Å²) in [6.07, 6.45) is 7.07. The molecular weight excluding hydrogens is 270 g/mol. The maximum atomic E-state index is 5.00. The van der Waals surface area contributed by atoms with Crippen molar-refractivity contribution < 1.29 is 4.74 Å². The Hall–Kier alpha value is -0.520. The van der Waals surface area contributed by atoms with Gasteiger partial charge in [-0.05, 0) is 25.8 Å². The number of nitrogens with one attached hydrogen (secondary N) is 1. The van der Waals surface area contributed by atoms with Crippen molar-refractivity contribution in [3.05, 3.63) is 10.0 Å². The molecule has 1 rings (SSSR count). The second-order valence-corrected chi connectivity index (χ2v) is 6.25. The van der Waals surface area contributed by atoms with Crippen LogP contribution in [0.4, 0.5) is 0 Å². The Bertz CT molecular complexity index is 338. The van der Waals surface area contributed by atoms with Gasteiger partial charge >= 0.3 is 0 Å². The van der Waals surface area contributed by atoms with Crippen molar-refractivity contribution >= 4 is 11.3 Å². The number of hydrogen-bond donors (Lipinski definition) is 1. The van der Waals surface area contributed by atoms with E-state index < -0.39 is 0 Å². The van der Waals surface area contributed by atoms with Gasteiger partial charge in [0.05, 0.1) is 6.61 Å². The fourth-order valence-electron chi connectivity index (χ4n) is 2.28. The van der Waals surface area contributed by atoms with E-state index >= 15 is 0 Å². The average Bonchev–Trinajstić information content (AvgIpc) is 2.91. The predicted molar refractivity (Wildman–Crippen MR) is 85.5 cm³/mol. The Kier molecular flexibility index (Phi) is 9.79. The number of aryl methyl sites for hydroxylation is 1. The molecule has 1 aromatic rings. The molecule has 0 fully saturated rings. The van der Waals surface area contributed by atoms with Gasteiger partial charge in [0.15, 0.2) is 0 Å². The van der Waals surface area contributed by atoms with Crippen molar-refractivity contribution in [2.75, 3.05) is 26.8 Å². The monoisotopic (exact) mass is 299 g/mol. The molecule has 5 heteroatoms. The number of aromatic nitrogens is 2. The lowest BCUT2D eigenvalue weighted by Crippen LogP contribution is -2.20. The maximum Gasteiger partial charge on any atom is 0.120 e. The first kappa shape index (κ1) is 17.5. The quantitative estimate of drug-likeness (QED) is 0.601. The minimum absolute atomic E-state index is 0.621. The molecule has 0 amide bonds. The van der Waals surface area contributed by atoms with Crippen LogP contribution in [0.15, 0.2) is 0 Å². The highest BCUT2D eigenvalue weighted by molar-refractivity contribution is 7.11. The summed E-state index contributed by atoms with van der Waals surface area (Å²) in [6, 6.07) is 0. The van der Waals surface area contributed by atoms with E-state index in [0.717, 1.165) is 32.5 Å². The summed E-state index contributed by atoms with van der Waals surface area (Å²) >= 11 is 1.81. The van der Waals surface area contributed by atoms with Crippen LogP contribution in [-0.4, -0.2) is 37.0 Å². The minimum Gasteiger partial charge on any atom is -0.383 e. The molecule has 4 nitrogen and oxygen atoms in total. The van der Waals surface area contributed by atoms with Gasteiger partial charge in [0.25, 0.3) is 0 Å². The smallest absolute Gasteiger partial charge is 0.120 e. The van der Waals surface area contributed by atoms with Gasteiger partial charge in [-0.2, -0.15) is 0 Å². The first-order chi connectivity index (χ1) is 9.81. The molecule has 0 saturated heterocycles. The molecule has 0 bridgehead atoms. The van der Waals surface area contributed by atoms with Crippen LogP contribution in [0.3, 0.4) is 0 Å².